The molecule has 1 saturated heterocycles. The maximum atomic E-state index is 12.0. The minimum atomic E-state index is -0.867. The molecule has 0 aromatic rings. The van der Waals surface area contributed by atoms with Crippen LogP contribution >= 0.6 is 0 Å². The number of rotatable bonds is 1. The van der Waals surface area contributed by atoms with Gasteiger partial charge in [-0.25, -0.2) is 0 Å². The molecule has 1 amide bonds. The third kappa shape index (κ3) is 2.95. The highest BCUT2D eigenvalue weighted by Gasteiger charge is 2.32. The van der Waals surface area contributed by atoms with Crippen LogP contribution in [0.2, 0.25) is 0 Å². The second-order valence-electron chi connectivity index (χ2n) is 5.07. The smallest absolute Gasteiger partial charge is 0.242 e. The molecule has 15 heavy (non-hydrogen) atoms. The number of hydrogen-bond donors (Lipinski definition) is 0. The molecule has 1 unspecified atom stereocenters. The molecule has 0 spiro atoms. The maximum Gasteiger partial charge on any atom is 0.242 e. The van der Waals surface area contributed by atoms with Crippen molar-refractivity contribution in [1.29, 1.82) is 5.26 Å². The van der Waals surface area contributed by atoms with Crippen molar-refractivity contribution in [3.63, 3.8) is 0 Å². The lowest BCUT2D eigenvalue weighted by Crippen LogP contribution is -2.40. The number of carbonyl (C=O) groups excluding carboxylic acids is 1. The Balaban J connectivity index is 2.65. The minimum Gasteiger partial charge on any atom is -0.341 e. The standard InChI is InChI=1S/C12H20N2O/c1-10-5-4-7-14(8-6-10)11(15)12(2,3)9-13/h10H,4-8H2,1-3H3. The van der Waals surface area contributed by atoms with E-state index in [1.54, 1.807) is 13.8 Å². The quantitative estimate of drug-likeness (QED) is 0.663. The second-order valence-corrected chi connectivity index (χ2v) is 5.07. The van der Waals surface area contributed by atoms with Crippen LogP contribution in [0, 0.1) is 22.7 Å². The zero-order valence-corrected chi connectivity index (χ0v) is 9.92. The Labute approximate surface area is 92.1 Å². The van der Waals surface area contributed by atoms with E-state index in [0.717, 1.165) is 25.9 Å². The molecule has 84 valence electrons. The average Bonchev–Trinajstić information content (AvgIpc) is 2.42. The van der Waals surface area contributed by atoms with Crippen molar-refractivity contribution < 1.29 is 4.79 Å². The van der Waals surface area contributed by atoms with Crippen LogP contribution in [0.5, 0.6) is 0 Å². The van der Waals surface area contributed by atoms with Gasteiger partial charge in [0.2, 0.25) is 5.91 Å². The number of nitriles is 1. The number of amides is 1. The molecule has 1 atom stereocenters. The van der Waals surface area contributed by atoms with Crippen LogP contribution in [0.15, 0.2) is 0 Å². The molecule has 3 nitrogen and oxygen atoms in total. The van der Waals surface area contributed by atoms with Crippen LogP contribution in [0.4, 0.5) is 0 Å². The SMILES string of the molecule is CC1CCCN(C(=O)C(C)(C)C#N)CC1. The van der Waals surface area contributed by atoms with Crippen molar-refractivity contribution >= 4 is 5.91 Å². The van der Waals surface area contributed by atoms with Crippen molar-refractivity contribution in [3.05, 3.63) is 0 Å². The van der Waals surface area contributed by atoms with Crippen LogP contribution in [0.25, 0.3) is 0 Å². The summed E-state index contributed by atoms with van der Waals surface area (Å²) < 4.78 is 0. The van der Waals surface area contributed by atoms with Crippen molar-refractivity contribution in [2.24, 2.45) is 11.3 Å². The summed E-state index contributed by atoms with van der Waals surface area (Å²) in [7, 11) is 0. The van der Waals surface area contributed by atoms with Crippen molar-refractivity contribution in [2.75, 3.05) is 13.1 Å². The monoisotopic (exact) mass is 208 g/mol. The van der Waals surface area contributed by atoms with E-state index in [9.17, 15) is 4.79 Å². The van der Waals surface area contributed by atoms with Gasteiger partial charge in [-0.15, -0.1) is 0 Å². The molecule has 0 radical (unpaired) electrons. The Morgan fingerprint density at radius 1 is 1.40 bits per heavy atom. The minimum absolute atomic E-state index is 0.0147. The first-order valence-corrected chi connectivity index (χ1v) is 5.68. The Bertz CT molecular complexity index is 278. The van der Waals surface area contributed by atoms with Crippen molar-refractivity contribution in [3.8, 4) is 6.07 Å². The van der Waals surface area contributed by atoms with E-state index >= 15 is 0 Å². The van der Waals surface area contributed by atoms with Gasteiger partial charge in [0.25, 0.3) is 0 Å². The molecule has 0 aromatic heterocycles. The van der Waals surface area contributed by atoms with Crippen molar-refractivity contribution in [1.82, 2.24) is 4.90 Å². The fourth-order valence-corrected chi connectivity index (χ4v) is 1.91. The lowest BCUT2D eigenvalue weighted by molar-refractivity contribution is -0.137. The molecular formula is C12H20N2O. The summed E-state index contributed by atoms with van der Waals surface area (Å²) in [6.45, 7) is 7.25. The van der Waals surface area contributed by atoms with Gasteiger partial charge in [-0.2, -0.15) is 5.26 Å². The van der Waals surface area contributed by atoms with Gasteiger partial charge >= 0.3 is 0 Å². The van der Waals surface area contributed by atoms with E-state index in [2.05, 4.69) is 13.0 Å². The predicted molar refractivity (Wildman–Crippen MR) is 59.0 cm³/mol. The van der Waals surface area contributed by atoms with E-state index in [0.29, 0.717) is 5.92 Å². The van der Waals surface area contributed by atoms with Gasteiger partial charge in [-0.05, 0) is 39.0 Å². The van der Waals surface area contributed by atoms with Gasteiger partial charge in [0.1, 0.15) is 5.41 Å². The Morgan fingerprint density at radius 3 is 2.67 bits per heavy atom. The van der Waals surface area contributed by atoms with E-state index in [1.165, 1.54) is 6.42 Å². The molecule has 1 aliphatic rings. The maximum absolute atomic E-state index is 12.0. The summed E-state index contributed by atoms with van der Waals surface area (Å²) >= 11 is 0. The summed E-state index contributed by atoms with van der Waals surface area (Å²) in [6.07, 6.45) is 3.32. The predicted octanol–water partition coefficient (Wildman–Crippen LogP) is 2.18. The highest BCUT2D eigenvalue weighted by atomic mass is 16.2. The second kappa shape index (κ2) is 4.65. The van der Waals surface area contributed by atoms with Gasteiger partial charge < -0.3 is 4.90 Å². The van der Waals surface area contributed by atoms with E-state index in [-0.39, 0.29) is 5.91 Å². The molecule has 1 fully saturated rings. The molecule has 0 aromatic carbocycles. The molecule has 0 N–H and O–H groups in total. The Kier molecular flexibility index (Phi) is 3.73. The summed E-state index contributed by atoms with van der Waals surface area (Å²) in [5.41, 5.74) is -0.867. The zero-order valence-electron chi connectivity index (χ0n) is 9.92. The highest BCUT2D eigenvalue weighted by molar-refractivity contribution is 5.84. The average molecular weight is 208 g/mol. The van der Waals surface area contributed by atoms with Crippen LogP contribution in [0.1, 0.15) is 40.0 Å². The Morgan fingerprint density at radius 2 is 2.07 bits per heavy atom. The fraction of sp³-hybridized carbons (Fsp3) is 0.833. The van der Waals surface area contributed by atoms with Gasteiger partial charge in [-0.3, -0.25) is 4.79 Å². The first-order valence-electron chi connectivity index (χ1n) is 5.68. The number of hydrogen-bond acceptors (Lipinski definition) is 2. The number of carbonyl (C=O) groups is 1. The normalized spacial score (nSPS) is 23.1. The third-order valence-electron chi connectivity index (χ3n) is 3.12. The van der Waals surface area contributed by atoms with Crippen LogP contribution in [-0.2, 0) is 4.79 Å². The molecule has 0 aliphatic carbocycles. The van der Waals surface area contributed by atoms with E-state index in [1.807, 2.05) is 4.90 Å². The summed E-state index contributed by atoms with van der Waals surface area (Å²) in [5.74, 6) is 0.687. The van der Waals surface area contributed by atoms with Gasteiger partial charge in [-0.1, -0.05) is 6.92 Å². The molecule has 0 saturated carbocycles. The first kappa shape index (κ1) is 12.0. The molecule has 1 rings (SSSR count). The van der Waals surface area contributed by atoms with E-state index in [4.69, 9.17) is 5.26 Å². The summed E-state index contributed by atoms with van der Waals surface area (Å²) in [4.78, 5) is 13.9. The lowest BCUT2D eigenvalue weighted by atomic mass is 9.93. The first-order chi connectivity index (χ1) is 6.97. The lowest BCUT2D eigenvalue weighted by Gasteiger charge is -2.26. The van der Waals surface area contributed by atoms with E-state index < -0.39 is 5.41 Å². The zero-order chi connectivity index (χ0) is 11.5. The molecule has 1 aliphatic heterocycles. The van der Waals surface area contributed by atoms with Crippen molar-refractivity contribution in [2.45, 2.75) is 40.0 Å². The largest absolute Gasteiger partial charge is 0.341 e. The van der Waals surface area contributed by atoms with Gasteiger partial charge in [0, 0.05) is 13.1 Å². The molecular weight excluding hydrogens is 188 g/mol. The van der Waals surface area contributed by atoms with Crippen LogP contribution < -0.4 is 0 Å². The third-order valence-corrected chi connectivity index (χ3v) is 3.12. The molecule has 1 heterocycles. The number of nitrogens with zero attached hydrogens (tertiary/aromatic N) is 2. The summed E-state index contributed by atoms with van der Waals surface area (Å²) in [5, 5.41) is 8.92. The fourth-order valence-electron chi connectivity index (χ4n) is 1.91. The van der Waals surface area contributed by atoms with Crippen LogP contribution in [0.3, 0.4) is 0 Å². The van der Waals surface area contributed by atoms with Gasteiger partial charge in [0.15, 0.2) is 0 Å². The Hall–Kier alpha value is -1.04. The molecule has 0 bridgehead atoms. The van der Waals surface area contributed by atoms with Gasteiger partial charge in [0.05, 0.1) is 6.07 Å². The van der Waals surface area contributed by atoms with Crippen LogP contribution in [-0.4, -0.2) is 23.9 Å². The topological polar surface area (TPSA) is 44.1 Å². The number of likely N-dealkylation sites (tertiary alicyclic amines) is 1. The summed E-state index contributed by atoms with van der Waals surface area (Å²) in [6, 6.07) is 2.08. The highest BCUT2D eigenvalue weighted by Crippen LogP contribution is 2.22. The molecule has 3 heteroatoms.